The summed E-state index contributed by atoms with van der Waals surface area (Å²) in [6.45, 7) is 0. The maximum Gasteiger partial charge on any atom is 0.352 e. The van der Waals surface area contributed by atoms with Crippen molar-refractivity contribution in [3.63, 3.8) is 0 Å². The van der Waals surface area contributed by atoms with E-state index < -0.39 is 35.2 Å². The number of amides is 2. The molecule has 0 saturated carbocycles. The molecule has 1 saturated heterocycles. The van der Waals surface area contributed by atoms with Crippen LogP contribution < -0.4 is 10.1 Å². The summed E-state index contributed by atoms with van der Waals surface area (Å²) in [6, 6.07) is 0.429. The number of oxime groups is 1. The summed E-state index contributed by atoms with van der Waals surface area (Å²) in [4.78, 5) is 55.0. The van der Waals surface area contributed by atoms with Crippen LogP contribution in [0, 0.1) is 5.41 Å². The van der Waals surface area contributed by atoms with Gasteiger partial charge in [0.1, 0.15) is 34.9 Å². The zero-order valence-electron chi connectivity index (χ0n) is 20.6. The van der Waals surface area contributed by atoms with Gasteiger partial charge in [-0.15, -0.1) is 49.7 Å². The number of aromatic nitrogens is 6. The number of carboxylic acid groups (broad SMARTS) is 2. The highest BCUT2D eigenvalue weighted by atomic mass is 32.2. The molecule has 0 radical (unpaired) electrons. The fourth-order valence-electron chi connectivity index (χ4n) is 4.08. The Morgan fingerprint density at radius 3 is 2.78 bits per heavy atom. The SMILES string of the molecule is CON=C(C(=O)N[C@@H]1C(=O)N2C(C(=O)O)=C(CSc3cc(CC(=O)O)c4nnnn4n3)CS[C@@H]12)c1csc(=N)n1O. The van der Waals surface area contributed by atoms with Crippen LogP contribution in [-0.2, 0) is 30.4 Å². The lowest BCUT2D eigenvalue weighted by molar-refractivity contribution is -0.150. The molecule has 0 spiro atoms. The Morgan fingerprint density at radius 1 is 1.34 bits per heavy atom. The van der Waals surface area contributed by atoms with Crippen molar-refractivity contribution in [3.8, 4) is 0 Å². The Bertz CT molecular complexity index is 1710. The highest BCUT2D eigenvalue weighted by Crippen LogP contribution is 2.41. The Morgan fingerprint density at radius 2 is 2.12 bits per heavy atom. The predicted octanol–water partition coefficient (Wildman–Crippen LogP) is -1.39. The number of β-lactam (4-membered cyclic amide) rings is 1. The number of rotatable bonds is 10. The van der Waals surface area contributed by atoms with E-state index in [1.807, 2.05) is 0 Å². The van der Waals surface area contributed by atoms with Crippen LogP contribution in [0.3, 0.4) is 0 Å². The third-order valence-electron chi connectivity index (χ3n) is 5.85. The number of nitrogens with one attached hydrogen (secondary N) is 2. The number of nitrogens with zero attached hydrogens (tertiary/aromatic N) is 8. The van der Waals surface area contributed by atoms with Crippen molar-refractivity contribution in [1.82, 2.24) is 40.2 Å². The summed E-state index contributed by atoms with van der Waals surface area (Å²) < 4.78 is 1.53. The van der Waals surface area contributed by atoms with Crippen LogP contribution in [0.2, 0.25) is 0 Å². The Balaban J connectivity index is 1.33. The molecule has 5 N–H and O–H groups in total. The van der Waals surface area contributed by atoms with Crippen LogP contribution in [0.4, 0.5) is 0 Å². The monoisotopic (exact) mass is 622 g/mol. The number of hydrogen-bond donors (Lipinski definition) is 5. The zero-order chi connectivity index (χ0) is 29.4. The molecule has 21 heteroatoms. The Kier molecular flexibility index (Phi) is 7.64. The number of carbonyl (C=O) groups is 4. The van der Waals surface area contributed by atoms with Crippen molar-refractivity contribution in [2.24, 2.45) is 5.16 Å². The number of hydrogen-bond acceptors (Lipinski definition) is 15. The van der Waals surface area contributed by atoms with E-state index in [2.05, 4.69) is 31.1 Å². The normalized spacial score (nSPS) is 18.7. The number of carbonyl (C=O) groups excluding carboxylic acids is 2. The van der Waals surface area contributed by atoms with Crippen molar-refractivity contribution in [2.45, 2.75) is 22.9 Å². The molecule has 2 aliphatic heterocycles. The van der Waals surface area contributed by atoms with Crippen molar-refractivity contribution in [1.29, 1.82) is 5.41 Å². The fraction of sp³-hybridized carbons (Fsp3) is 0.300. The molecular weight excluding hydrogens is 604 g/mol. The highest BCUT2D eigenvalue weighted by Gasteiger charge is 2.54. The van der Waals surface area contributed by atoms with Gasteiger partial charge < -0.3 is 25.6 Å². The lowest BCUT2D eigenvalue weighted by atomic mass is 10.0. The van der Waals surface area contributed by atoms with E-state index in [1.165, 1.54) is 30.3 Å². The standard InChI is InChI=1S/C20H18N10O8S3/c1-38-25-12(9-6-41-20(21)29(9)37)16(33)22-13-17(34)28-14(19(35)36)8(5-40-18(13)28)4-39-10-2-7(3-11(31)32)15-23-26-27-30(15)24-10/h2,6,13,18,21,37H,3-5H2,1H3,(H,22,33)(H,31,32)(H,35,36)/t13-,18+/m1/s1. The first-order valence-corrected chi connectivity index (χ1v) is 14.2. The summed E-state index contributed by atoms with van der Waals surface area (Å²) in [5, 5.41) is 59.1. The predicted molar refractivity (Wildman–Crippen MR) is 139 cm³/mol. The quantitative estimate of drug-likeness (QED) is 0.0574. The van der Waals surface area contributed by atoms with Gasteiger partial charge in [-0.05, 0) is 22.1 Å². The maximum absolute atomic E-state index is 13.1. The van der Waals surface area contributed by atoms with E-state index in [9.17, 15) is 34.6 Å². The fourth-order valence-corrected chi connectivity index (χ4v) is 7.11. The molecule has 3 aromatic heterocycles. The average molecular weight is 623 g/mol. The molecule has 214 valence electrons. The van der Waals surface area contributed by atoms with Crippen molar-refractivity contribution >= 4 is 70.0 Å². The molecule has 5 heterocycles. The maximum atomic E-state index is 13.1. The van der Waals surface area contributed by atoms with Crippen molar-refractivity contribution in [3.05, 3.63) is 38.8 Å². The van der Waals surface area contributed by atoms with Gasteiger partial charge in [0.05, 0.1) is 6.42 Å². The van der Waals surface area contributed by atoms with E-state index in [1.54, 1.807) is 0 Å². The number of thioether (sulfide) groups is 2. The zero-order valence-corrected chi connectivity index (χ0v) is 23.1. The second kappa shape index (κ2) is 11.2. The number of thiazole rings is 1. The van der Waals surface area contributed by atoms with Gasteiger partial charge in [0.15, 0.2) is 5.71 Å². The minimum Gasteiger partial charge on any atom is -0.481 e. The molecule has 0 aromatic carbocycles. The second-order valence-electron chi connectivity index (χ2n) is 8.34. The Labute approximate surface area is 240 Å². The summed E-state index contributed by atoms with van der Waals surface area (Å²) in [6.07, 6.45) is -0.345. The molecule has 18 nitrogen and oxygen atoms in total. The van der Waals surface area contributed by atoms with E-state index in [0.29, 0.717) is 20.9 Å². The van der Waals surface area contributed by atoms with Gasteiger partial charge in [0.2, 0.25) is 10.4 Å². The Hall–Kier alpha value is -4.50. The van der Waals surface area contributed by atoms with Crippen molar-refractivity contribution in [2.75, 3.05) is 18.6 Å². The third-order valence-corrected chi connectivity index (χ3v) is 8.91. The molecular formula is C20H18N10O8S3. The number of fused-ring (bicyclic) bond motifs is 2. The number of carboxylic acids is 2. The first kappa shape index (κ1) is 28.0. The highest BCUT2D eigenvalue weighted by molar-refractivity contribution is 8.01. The number of tetrazole rings is 1. The van der Waals surface area contributed by atoms with E-state index >= 15 is 0 Å². The first-order chi connectivity index (χ1) is 19.6. The van der Waals surface area contributed by atoms with Gasteiger partial charge in [-0.2, -0.15) is 4.73 Å². The van der Waals surface area contributed by atoms with Crippen LogP contribution in [-0.4, -0.2) is 110 Å². The molecule has 0 aliphatic carbocycles. The molecule has 41 heavy (non-hydrogen) atoms. The van der Waals surface area contributed by atoms with Gasteiger partial charge in [-0.25, -0.2) is 4.79 Å². The van der Waals surface area contributed by atoms with Gasteiger partial charge in [0.25, 0.3) is 11.8 Å². The summed E-state index contributed by atoms with van der Waals surface area (Å²) in [5.41, 5.74) is 0.212. The van der Waals surface area contributed by atoms with Gasteiger partial charge in [-0.1, -0.05) is 5.16 Å². The third kappa shape index (κ3) is 5.20. The molecule has 5 rings (SSSR count). The molecule has 3 aromatic rings. The summed E-state index contributed by atoms with van der Waals surface area (Å²) in [7, 11) is 1.18. The molecule has 1 fully saturated rings. The smallest absolute Gasteiger partial charge is 0.352 e. The minimum atomic E-state index is -1.33. The van der Waals surface area contributed by atoms with E-state index in [4.69, 9.17) is 10.2 Å². The first-order valence-electron chi connectivity index (χ1n) is 11.3. The van der Waals surface area contributed by atoms with Crippen LogP contribution in [0.15, 0.2) is 32.9 Å². The van der Waals surface area contributed by atoms with Gasteiger partial charge >= 0.3 is 11.9 Å². The summed E-state index contributed by atoms with van der Waals surface area (Å²) in [5.74, 6) is -3.62. The molecule has 2 aliphatic rings. The lowest BCUT2D eigenvalue weighted by Crippen LogP contribution is -2.71. The topological polar surface area (TPSA) is 251 Å². The van der Waals surface area contributed by atoms with Crippen LogP contribution in [0.5, 0.6) is 0 Å². The molecule has 0 unspecified atom stereocenters. The largest absolute Gasteiger partial charge is 0.481 e. The van der Waals surface area contributed by atoms with Crippen LogP contribution in [0.25, 0.3) is 5.65 Å². The van der Waals surface area contributed by atoms with E-state index in [0.717, 1.165) is 32.6 Å². The summed E-state index contributed by atoms with van der Waals surface area (Å²) >= 11 is 3.21. The minimum absolute atomic E-state index is 0.115. The number of aliphatic carboxylic acids is 2. The average Bonchev–Trinajstić information content (AvgIpc) is 3.54. The lowest BCUT2D eigenvalue weighted by Gasteiger charge is -2.49. The molecule has 2 atom stereocenters. The van der Waals surface area contributed by atoms with E-state index in [-0.39, 0.29) is 45.5 Å². The molecule has 0 bridgehead atoms. The van der Waals surface area contributed by atoms with Crippen LogP contribution >= 0.6 is 34.9 Å². The van der Waals surface area contributed by atoms with Crippen molar-refractivity contribution < 1.29 is 39.4 Å². The van der Waals surface area contributed by atoms with Gasteiger partial charge in [0, 0.05) is 22.4 Å². The van der Waals surface area contributed by atoms with Gasteiger partial charge in [-0.3, -0.25) is 24.7 Å². The second-order valence-corrected chi connectivity index (χ2v) is 11.3. The molecule has 2 amide bonds. The van der Waals surface area contributed by atoms with Crippen LogP contribution in [0.1, 0.15) is 11.3 Å².